The van der Waals surface area contributed by atoms with Crippen LogP contribution in [0.1, 0.15) is 18.5 Å². The summed E-state index contributed by atoms with van der Waals surface area (Å²) in [5, 5.41) is 3.35. The Bertz CT molecular complexity index is 634. The van der Waals surface area contributed by atoms with Gasteiger partial charge in [0.1, 0.15) is 17.3 Å². The Morgan fingerprint density at radius 2 is 1.86 bits per heavy atom. The van der Waals surface area contributed by atoms with E-state index in [1.807, 2.05) is 25.1 Å². The smallest absolute Gasteiger partial charge is 0.141 e. The summed E-state index contributed by atoms with van der Waals surface area (Å²) in [6, 6.07) is 10.1. The molecule has 1 N–H and O–H groups in total. The minimum Gasteiger partial charge on any atom is -0.497 e. The van der Waals surface area contributed by atoms with Crippen molar-refractivity contribution < 1.29 is 13.9 Å². The summed E-state index contributed by atoms with van der Waals surface area (Å²) >= 11 is 5.79. The van der Waals surface area contributed by atoms with Gasteiger partial charge < -0.3 is 14.8 Å². The highest BCUT2D eigenvalue weighted by Gasteiger charge is 2.13. The van der Waals surface area contributed by atoms with Crippen molar-refractivity contribution in [3.05, 3.63) is 52.8 Å². The van der Waals surface area contributed by atoms with Crippen LogP contribution in [0, 0.1) is 5.82 Å². The van der Waals surface area contributed by atoms with Gasteiger partial charge >= 0.3 is 0 Å². The van der Waals surface area contributed by atoms with Crippen LogP contribution in [0.2, 0.25) is 5.02 Å². The standard InChI is InChI=1S/C16H17ClFNO2/c1-10(19-11-4-6-15(18)14(17)8-11)13-9-12(20-2)5-7-16(13)21-3/h4-10,19H,1-3H3. The highest BCUT2D eigenvalue weighted by atomic mass is 35.5. The van der Waals surface area contributed by atoms with E-state index in [-0.39, 0.29) is 11.1 Å². The maximum absolute atomic E-state index is 13.2. The number of hydrogen-bond acceptors (Lipinski definition) is 3. The highest BCUT2D eigenvalue weighted by Crippen LogP contribution is 2.32. The molecule has 1 atom stereocenters. The number of hydrogen-bond donors (Lipinski definition) is 1. The van der Waals surface area contributed by atoms with E-state index in [0.717, 1.165) is 22.7 Å². The number of benzene rings is 2. The van der Waals surface area contributed by atoms with Crippen molar-refractivity contribution in [3.8, 4) is 11.5 Å². The second-order valence-corrected chi connectivity index (χ2v) is 5.01. The first kappa shape index (κ1) is 15.4. The van der Waals surface area contributed by atoms with Crippen LogP contribution in [0.15, 0.2) is 36.4 Å². The fourth-order valence-corrected chi connectivity index (χ4v) is 2.27. The zero-order valence-electron chi connectivity index (χ0n) is 12.1. The van der Waals surface area contributed by atoms with Crippen molar-refractivity contribution in [1.82, 2.24) is 0 Å². The van der Waals surface area contributed by atoms with Gasteiger partial charge in [0.2, 0.25) is 0 Å². The van der Waals surface area contributed by atoms with E-state index in [4.69, 9.17) is 21.1 Å². The third-order valence-electron chi connectivity index (χ3n) is 3.21. The molecule has 0 aliphatic heterocycles. The number of anilines is 1. The number of nitrogens with one attached hydrogen (secondary N) is 1. The summed E-state index contributed by atoms with van der Waals surface area (Å²) < 4.78 is 23.8. The molecule has 0 saturated heterocycles. The molecule has 0 saturated carbocycles. The average Bonchev–Trinajstić information content (AvgIpc) is 2.50. The zero-order chi connectivity index (χ0) is 15.4. The van der Waals surface area contributed by atoms with Gasteiger partial charge in [-0.2, -0.15) is 0 Å². The molecule has 0 aliphatic rings. The third-order valence-corrected chi connectivity index (χ3v) is 3.50. The molecule has 0 heterocycles. The van der Waals surface area contributed by atoms with Gasteiger partial charge in [-0.15, -0.1) is 0 Å². The molecule has 0 amide bonds. The first-order valence-electron chi connectivity index (χ1n) is 6.48. The van der Waals surface area contributed by atoms with Crippen molar-refractivity contribution in [2.24, 2.45) is 0 Å². The van der Waals surface area contributed by atoms with E-state index >= 15 is 0 Å². The minimum absolute atomic E-state index is 0.0587. The summed E-state index contributed by atoms with van der Waals surface area (Å²) in [5.41, 5.74) is 1.68. The van der Waals surface area contributed by atoms with Crippen LogP contribution < -0.4 is 14.8 Å². The predicted molar refractivity (Wildman–Crippen MR) is 83.0 cm³/mol. The highest BCUT2D eigenvalue weighted by molar-refractivity contribution is 6.31. The van der Waals surface area contributed by atoms with Crippen LogP contribution in [0.5, 0.6) is 11.5 Å². The number of rotatable bonds is 5. The number of methoxy groups -OCH3 is 2. The molecule has 2 aromatic rings. The van der Waals surface area contributed by atoms with Crippen molar-refractivity contribution in [2.45, 2.75) is 13.0 Å². The molecule has 0 bridgehead atoms. The van der Waals surface area contributed by atoms with Crippen molar-refractivity contribution in [2.75, 3.05) is 19.5 Å². The summed E-state index contributed by atoms with van der Waals surface area (Å²) in [6.45, 7) is 1.98. The van der Waals surface area contributed by atoms with E-state index in [9.17, 15) is 4.39 Å². The SMILES string of the molecule is COc1ccc(OC)c(C(C)Nc2ccc(F)c(Cl)c2)c1. The zero-order valence-corrected chi connectivity index (χ0v) is 12.9. The summed E-state index contributed by atoms with van der Waals surface area (Å²) in [4.78, 5) is 0. The molecule has 2 aromatic carbocycles. The van der Waals surface area contributed by atoms with Gasteiger partial charge in [-0.25, -0.2) is 4.39 Å². The lowest BCUT2D eigenvalue weighted by Crippen LogP contribution is -2.08. The monoisotopic (exact) mass is 309 g/mol. The second-order valence-electron chi connectivity index (χ2n) is 4.60. The largest absolute Gasteiger partial charge is 0.497 e. The second kappa shape index (κ2) is 6.68. The Hall–Kier alpha value is -1.94. The molecule has 5 heteroatoms. The Labute approximate surface area is 128 Å². The molecular weight excluding hydrogens is 293 g/mol. The summed E-state index contributed by atoms with van der Waals surface area (Å²) in [7, 11) is 3.23. The van der Waals surface area contributed by atoms with Gasteiger partial charge in [0.25, 0.3) is 0 Å². The van der Waals surface area contributed by atoms with E-state index < -0.39 is 5.82 Å². The van der Waals surface area contributed by atoms with Gasteiger partial charge in [-0.05, 0) is 43.3 Å². The average molecular weight is 310 g/mol. The third kappa shape index (κ3) is 3.58. The maximum Gasteiger partial charge on any atom is 0.141 e. The lowest BCUT2D eigenvalue weighted by atomic mass is 10.1. The van der Waals surface area contributed by atoms with Crippen LogP contribution in [0.3, 0.4) is 0 Å². The molecule has 0 spiro atoms. The number of halogens is 2. The van der Waals surface area contributed by atoms with E-state index in [0.29, 0.717) is 0 Å². The molecule has 0 aliphatic carbocycles. The molecule has 3 nitrogen and oxygen atoms in total. The Kier molecular flexibility index (Phi) is 4.91. The predicted octanol–water partition coefficient (Wildman–Crippen LogP) is 4.67. The molecule has 0 aromatic heterocycles. The molecular formula is C16H17ClFNO2. The molecule has 21 heavy (non-hydrogen) atoms. The van der Waals surface area contributed by atoms with Crippen molar-refractivity contribution in [3.63, 3.8) is 0 Å². The Morgan fingerprint density at radius 1 is 1.10 bits per heavy atom. The van der Waals surface area contributed by atoms with Gasteiger partial charge in [0, 0.05) is 11.3 Å². The fraction of sp³-hybridized carbons (Fsp3) is 0.250. The van der Waals surface area contributed by atoms with E-state index in [2.05, 4.69) is 5.32 Å². The normalized spacial score (nSPS) is 11.9. The minimum atomic E-state index is -0.436. The van der Waals surface area contributed by atoms with Gasteiger partial charge in [0.15, 0.2) is 0 Å². The van der Waals surface area contributed by atoms with Crippen LogP contribution in [-0.2, 0) is 0 Å². The van der Waals surface area contributed by atoms with E-state index in [1.165, 1.54) is 6.07 Å². The summed E-state index contributed by atoms with van der Waals surface area (Å²) in [5.74, 6) is 1.06. The Morgan fingerprint density at radius 3 is 2.48 bits per heavy atom. The quantitative estimate of drug-likeness (QED) is 0.870. The van der Waals surface area contributed by atoms with E-state index in [1.54, 1.807) is 26.4 Å². The molecule has 112 valence electrons. The van der Waals surface area contributed by atoms with Crippen LogP contribution in [-0.4, -0.2) is 14.2 Å². The van der Waals surface area contributed by atoms with Gasteiger partial charge in [-0.1, -0.05) is 11.6 Å². The lowest BCUT2D eigenvalue weighted by Gasteiger charge is -2.19. The van der Waals surface area contributed by atoms with Crippen LogP contribution in [0.25, 0.3) is 0 Å². The van der Waals surface area contributed by atoms with Gasteiger partial charge in [0.05, 0.1) is 25.3 Å². The summed E-state index contributed by atoms with van der Waals surface area (Å²) in [6.07, 6.45) is 0. The van der Waals surface area contributed by atoms with Gasteiger partial charge in [-0.3, -0.25) is 0 Å². The topological polar surface area (TPSA) is 30.5 Å². The first-order valence-corrected chi connectivity index (χ1v) is 6.86. The van der Waals surface area contributed by atoms with Crippen molar-refractivity contribution >= 4 is 17.3 Å². The molecule has 0 radical (unpaired) electrons. The molecule has 2 rings (SSSR count). The van der Waals surface area contributed by atoms with Crippen LogP contribution in [0.4, 0.5) is 10.1 Å². The maximum atomic E-state index is 13.2. The fourth-order valence-electron chi connectivity index (χ4n) is 2.09. The van der Waals surface area contributed by atoms with Crippen molar-refractivity contribution in [1.29, 1.82) is 0 Å². The van der Waals surface area contributed by atoms with Crippen LogP contribution >= 0.6 is 11.6 Å². The molecule has 0 fully saturated rings. The first-order chi connectivity index (χ1) is 10.0. The number of ether oxygens (including phenoxy) is 2. The lowest BCUT2D eigenvalue weighted by molar-refractivity contribution is 0.397. The molecule has 1 unspecified atom stereocenters. The Balaban J connectivity index is 2.26.